The van der Waals surface area contributed by atoms with Gasteiger partial charge in [-0.2, -0.15) is 0 Å². The molecule has 0 spiro atoms. The van der Waals surface area contributed by atoms with Crippen molar-refractivity contribution in [3.05, 3.63) is 42.5 Å². The molecule has 2 heteroatoms. The summed E-state index contributed by atoms with van der Waals surface area (Å²) in [6, 6.07) is 6.69. The third-order valence-electron chi connectivity index (χ3n) is 6.72. The van der Waals surface area contributed by atoms with E-state index >= 15 is 0 Å². The minimum Gasteiger partial charge on any atom is -0.494 e. The summed E-state index contributed by atoms with van der Waals surface area (Å²) in [4.78, 5) is 12.4. The summed E-state index contributed by atoms with van der Waals surface area (Å²) >= 11 is 0. The van der Waals surface area contributed by atoms with Crippen molar-refractivity contribution in [3.8, 4) is 5.75 Å². The summed E-state index contributed by atoms with van der Waals surface area (Å²) < 4.78 is 5.66. The number of hydrogen-bond donors (Lipinski definition) is 0. The summed E-state index contributed by atoms with van der Waals surface area (Å²) in [6.45, 7) is 11.0. The molecule has 3 aliphatic rings. The Morgan fingerprint density at radius 1 is 1.21 bits per heavy atom. The van der Waals surface area contributed by atoms with E-state index in [0.717, 1.165) is 44.0 Å². The van der Waals surface area contributed by atoms with Crippen molar-refractivity contribution >= 4 is 5.78 Å². The highest BCUT2D eigenvalue weighted by molar-refractivity contribution is 5.87. The monoisotopic (exact) mass is 326 g/mol. The topological polar surface area (TPSA) is 26.3 Å². The Labute approximate surface area is 146 Å². The van der Waals surface area contributed by atoms with Crippen LogP contribution >= 0.6 is 0 Å². The van der Waals surface area contributed by atoms with Crippen molar-refractivity contribution in [2.75, 3.05) is 6.61 Å². The lowest BCUT2D eigenvalue weighted by molar-refractivity contribution is -0.129. The van der Waals surface area contributed by atoms with Crippen molar-refractivity contribution in [1.29, 1.82) is 0 Å². The van der Waals surface area contributed by atoms with Gasteiger partial charge in [0.05, 0.1) is 6.61 Å². The van der Waals surface area contributed by atoms with Gasteiger partial charge >= 0.3 is 0 Å². The number of ketones is 1. The number of benzene rings is 1. The molecule has 1 aromatic rings. The zero-order chi connectivity index (χ0) is 17.3. The molecule has 2 saturated carbocycles. The first-order valence-corrected chi connectivity index (χ1v) is 9.42. The lowest BCUT2D eigenvalue weighted by Gasteiger charge is -2.48. The molecule has 0 N–H and O–H groups in total. The maximum absolute atomic E-state index is 12.4. The number of Topliss-reactive ketones (excluding diaryl/α,β-unsaturated/α-hetero) is 1. The first kappa shape index (κ1) is 17.3. The van der Waals surface area contributed by atoms with Crippen LogP contribution in [-0.4, -0.2) is 12.4 Å². The van der Waals surface area contributed by atoms with Crippen molar-refractivity contribution in [1.82, 2.24) is 0 Å². The molecule has 0 heterocycles. The molecule has 2 fully saturated rings. The number of fused-ring (bicyclic) bond motifs is 5. The van der Waals surface area contributed by atoms with Gasteiger partial charge in [-0.25, -0.2) is 0 Å². The van der Waals surface area contributed by atoms with Crippen LogP contribution in [0.25, 0.3) is 0 Å². The van der Waals surface area contributed by atoms with Crippen LogP contribution in [0.5, 0.6) is 5.75 Å². The van der Waals surface area contributed by atoms with Crippen LogP contribution in [0.3, 0.4) is 0 Å². The van der Waals surface area contributed by atoms with Crippen molar-refractivity contribution < 1.29 is 9.53 Å². The lowest BCUT2D eigenvalue weighted by atomic mass is 9.55. The van der Waals surface area contributed by atoms with Gasteiger partial charge in [0.15, 0.2) is 0 Å². The second-order valence-electron chi connectivity index (χ2n) is 7.63. The summed E-state index contributed by atoms with van der Waals surface area (Å²) in [5, 5.41) is 0. The van der Waals surface area contributed by atoms with Gasteiger partial charge in [0.25, 0.3) is 0 Å². The minimum atomic E-state index is -0.00999. The molecule has 0 bridgehead atoms. The first-order chi connectivity index (χ1) is 11.6. The number of hydrogen-bond acceptors (Lipinski definition) is 2. The highest BCUT2D eigenvalue weighted by Crippen LogP contribution is 2.59. The number of carbonyl (C=O) groups is 1. The molecule has 0 aromatic heterocycles. The second-order valence-corrected chi connectivity index (χ2v) is 7.63. The predicted octanol–water partition coefficient (Wildman–Crippen LogP) is 5.31. The Bertz CT molecular complexity index is 620. The van der Waals surface area contributed by atoms with E-state index in [-0.39, 0.29) is 5.41 Å². The summed E-state index contributed by atoms with van der Waals surface area (Å²) in [5.41, 5.74) is 3.02. The molecule has 3 unspecified atom stereocenters. The van der Waals surface area contributed by atoms with Gasteiger partial charge < -0.3 is 4.74 Å². The van der Waals surface area contributed by atoms with Gasteiger partial charge in [-0.3, -0.25) is 4.79 Å². The molecule has 130 valence electrons. The van der Waals surface area contributed by atoms with E-state index < -0.39 is 0 Å². The van der Waals surface area contributed by atoms with Crippen LogP contribution in [0.1, 0.15) is 63.0 Å². The van der Waals surface area contributed by atoms with Crippen LogP contribution in [0.15, 0.2) is 31.4 Å². The zero-order valence-corrected chi connectivity index (χ0v) is 15.1. The predicted molar refractivity (Wildman–Crippen MR) is 98.5 cm³/mol. The SMILES string of the molecule is C=C.CCOc1ccc2c(c1)CCC1C2CC[C@]2(C)C(=O)CCC12. The Balaban J connectivity index is 0.000000815. The Morgan fingerprint density at radius 2 is 2.00 bits per heavy atom. The molecule has 3 aliphatic carbocycles. The standard InChI is InChI=1S/C20H26O2.C2H4/c1-3-22-14-5-7-15-13(12-14)4-6-17-16(15)10-11-20(2)18(17)8-9-19(20)21;1-2/h5,7,12,16-18H,3-4,6,8-11H2,1-2H3;1-2H2/t16?,17?,18?,20-;/m0./s1. The molecule has 2 nitrogen and oxygen atoms in total. The molecule has 0 radical (unpaired) electrons. The fourth-order valence-corrected chi connectivity index (χ4v) is 5.59. The molecule has 1 aromatic carbocycles. The third-order valence-corrected chi connectivity index (χ3v) is 6.72. The van der Waals surface area contributed by atoms with E-state index in [9.17, 15) is 4.79 Å². The average molecular weight is 326 g/mol. The van der Waals surface area contributed by atoms with Crippen molar-refractivity contribution in [2.24, 2.45) is 17.3 Å². The molecule has 0 aliphatic heterocycles. The molecule has 0 saturated heterocycles. The normalized spacial score (nSPS) is 33.6. The van der Waals surface area contributed by atoms with E-state index in [1.54, 1.807) is 5.56 Å². The largest absolute Gasteiger partial charge is 0.494 e. The van der Waals surface area contributed by atoms with E-state index in [4.69, 9.17) is 4.74 Å². The fraction of sp³-hybridized carbons (Fsp3) is 0.591. The van der Waals surface area contributed by atoms with Crippen molar-refractivity contribution in [3.63, 3.8) is 0 Å². The quantitative estimate of drug-likeness (QED) is 0.688. The third kappa shape index (κ3) is 2.60. The molecule has 4 rings (SSSR count). The zero-order valence-electron chi connectivity index (χ0n) is 15.1. The van der Waals surface area contributed by atoms with Gasteiger partial charge in [-0.05, 0) is 80.0 Å². The smallest absolute Gasteiger partial charge is 0.139 e. The van der Waals surface area contributed by atoms with E-state index in [2.05, 4.69) is 38.3 Å². The molecule has 0 amide bonds. The highest BCUT2D eigenvalue weighted by Gasteiger charge is 2.54. The maximum atomic E-state index is 12.4. The van der Waals surface area contributed by atoms with E-state index in [1.165, 1.54) is 18.4 Å². The summed E-state index contributed by atoms with van der Waals surface area (Å²) in [7, 11) is 0. The first-order valence-electron chi connectivity index (χ1n) is 9.42. The molecular weight excluding hydrogens is 296 g/mol. The Kier molecular flexibility index (Phi) is 4.85. The van der Waals surface area contributed by atoms with Gasteiger partial charge in [0.2, 0.25) is 0 Å². The van der Waals surface area contributed by atoms with Gasteiger partial charge in [-0.1, -0.05) is 13.0 Å². The minimum absolute atomic E-state index is 0.00999. The average Bonchev–Trinajstić information content (AvgIpc) is 2.92. The van der Waals surface area contributed by atoms with E-state index in [0.29, 0.717) is 17.6 Å². The summed E-state index contributed by atoms with van der Waals surface area (Å²) in [5.74, 6) is 3.56. The Morgan fingerprint density at radius 3 is 2.75 bits per heavy atom. The maximum Gasteiger partial charge on any atom is 0.139 e. The van der Waals surface area contributed by atoms with Gasteiger partial charge in [0, 0.05) is 11.8 Å². The van der Waals surface area contributed by atoms with Crippen LogP contribution in [0.4, 0.5) is 0 Å². The van der Waals surface area contributed by atoms with Crippen LogP contribution in [0.2, 0.25) is 0 Å². The van der Waals surface area contributed by atoms with Crippen LogP contribution in [-0.2, 0) is 11.2 Å². The highest BCUT2D eigenvalue weighted by atomic mass is 16.5. The van der Waals surface area contributed by atoms with Crippen LogP contribution in [0, 0.1) is 17.3 Å². The van der Waals surface area contributed by atoms with Gasteiger partial charge in [0.1, 0.15) is 11.5 Å². The number of ether oxygens (including phenoxy) is 1. The number of aryl methyl sites for hydroxylation is 1. The lowest BCUT2D eigenvalue weighted by Crippen LogP contribution is -2.42. The number of rotatable bonds is 2. The second kappa shape index (κ2) is 6.74. The fourth-order valence-electron chi connectivity index (χ4n) is 5.59. The van der Waals surface area contributed by atoms with Crippen LogP contribution < -0.4 is 4.74 Å². The van der Waals surface area contributed by atoms with Crippen molar-refractivity contribution in [2.45, 2.75) is 58.3 Å². The number of carbonyl (C=O) groups excluding carboxylic acids is 1. The molecule has 4 atom stereocenters. The van der Waals surface area contributed by atoms with Gasteiger partial charge in [-0.15, -0.1) is 13.2 Å². The molecular formula is C22H30O2. The molecule has 24 heavy (non-hydrogen) atoms. The summed E-state index contributed by atoms with van der Waals surface area (Å²) in [6.07, 6.45) is 6.62. The van der Waals surface area contributed by atoms with E-state index in [1.807, 2.05) is 6.92 Å². The Hall–Kier alpha value is -1.57.